The van der Waals surface area contributed by atoms with Crippen molar-refractivity contribution >= 4 is 45.2 Å². The quantitative estimate of drug-likeness (QED) is 0.307. The van der Waals surface area contributed by atoms with Gasteiger partial charge in [0.2, 0.25) is 0 Å². The SMILES string of the molecule is O=C(Cn1cc(C(=O)N2CCC(n3c(=O)[nH]c4ccccc43)CC2)c2ccc(Cl)cc21)c1cccc(F)c1. The second-order valence-electron chi connectivity index (χ2n) is 9.61. The van der Waals surface area contributed by atoms with E-state index in [0.29, 0.717) is 47.4 Å². The monoisotopic (exact) mass is 530 g/mol. The summed E-state index contributed by atoms with van der Waals surface area (Å²) in [5.41, 5.74) is 2.92. The van der Waals surface area contributed by atoms with E-state index >= 15 is 0 Å². The molecule has 192 valence electrons. The van der Waals surface area contributed by atoms with E-state index in [1.807, 2.05) is 24.3 Å². The van der Waals surface area contributed by atoms with Crippen molar-refractivity contribution in [3.8, 4) is 0 Å². The van der Waals surface area contributed by atoms with E-state index < -0.39 is 5.82 Å². The number of likely N-dealkylation sites (tertiary alicyclic amines) is 1. The van der Waals surface area contributed by atoms with Crippen LogP contribution >= 0.6 is 11.6 Å². The van der Waals surface area contributed by atoms with Crippen molar-refractivity contribution in [2.45, 2.75) is 25.4 Å². The van der Waals surface area contributed by atoms with Crippen molar-refractivity contribution < 1.29 is 14.0 Å². The number of carbonyl (C=O) groups is 2. The van der Waals surface area contributed by atoms with Crippen LogP contribution in [0.15, 0.2) is 77.7 Å². The lowest BCUT2D eigenvalue weighted by Crippen LogP contribution is -2.40. The van der Waals surface area contributed by atoms with Crippen LogP contribution in [0.4, 0.5) is 4.39 Å². The van der Waals surface area contributed by atoms with Gasteiger partial charge in [-0.2, -0.15) is 0 Å². The molecule has 38 heavy (non-hydrogen) atoms. The van der Waals surface area contributed by atoms with Crippen molar-refractivity contribution in [2.24, 2.45) is 0 Å². The molecule has 5 aromatic rings. The van der Waals surface area contributed by atoms with Crippen LogP contribution < -0.4 is 5.69 Å². The molecule has 1 fully saturated rings. The second kappa shape index (κ2) is 9.61. The number of Topliss-reactive ketones (excluding diaryl/α,β-unsaturated/α-hetero) is 1. The van der Waals surface area contributed by atoms with Gasteiger partial charge >= 0.3 is 5.69 Å². The maximum absolute atomic E-state index is 13.7. The summed E-state index contributed by atoms with van der Waals surface area (Å²) in [6.07, 6.45) is 2.98. The predicted molar refractivity (Wildman–Crippen MR) is 144 cm³/mol. The largest absolute Gasteiger partial charge is 0.339 e. The lowest BCUT2D eigenvalue weighted by atomic mass is 10.0. The lowest BCUT2D eigenvalue weighted by Gasteiger charge is -2.32. The Kier molecular flexibility index (Phi) is 6.12. The molecule has 6 rings (SSSR count). The number of ketones is 1. The van der Waals surface area contributed by atoms with Gasteiger partial charge in [-0.25, -0.2) is 9.18 Å². The fourth-order valence-corrected chi connectivity index (χ4v) is 5.57. The summed E-state index contributed by atoms with van der Waals surface area (Å²) in [7, 11) is 0. The summed E-state index contributed by atoms with van der Waals surface area (Å²) >= 11 is 6.25. The molecule has 3 aromatic carbocycles. The third-order valence-electron chi connectivity index (χ3n) is 7.28. The van der Waals surface area contributed by atoms with Crippen LogP contribution in [-0.4, -0.2) is 43.8 Å². The molecule has 7 nitrogen and oxygen atoms in total. The number of rotatable bonds is 5. The van der Waals surface area contributed by atoms with Crippen LogP contribution in [0.1, 0.15) is 39.6 Å². The van der Waals surface area contributed by atoms with E-state index in [9.17, 15) is 18.8 Å². The highest BCUT2D eigenvalue weighted by Crippen LogP contribution is 2.30. The van der Waals surface area contributed by atoms with E-state index in [-0.39, 0.29) is 35.5 Å². The number of aromatic nitrogens is 3. The van der Waals surface area contributed by atoms with Gasteiger partial charge in [0.1, 0.15) is 5.82 Å². The first-order chi connectivity index (χ1) is 18.4. The molecular formula is C29H24ClFN4O3. The molecule has 9 heteroatoms. The predicted octanol–water partition coefficient (Wildman–Crippen LogP) is 5.44. The third kappa shape index (κ3) is 4.31. The fourth-order valence-electron chi connectivity index (χ4n) is 5.41. The van der Waals surface area contributed by atoms with Crippen molar-refractivity contribution in [3.05, 3.63) is 105 Å². The average Bonchev–Trinajstić information content (AvgIpc) is 3.44. The number of hydrogen-bond donors (Lipinski definition) is 1. The molecule has 3 heterocycles. The van der Waals surface area contributed by atoms with Gasteiger partial charge in [-0.15, -0.1) is 0 Å². The first-order valence-corrected chi connectivity index (χ1v) is 12.8. The summed E-state index contributed by atoms with van der Waals surface area (Å²) < 4.78 is 17.1. The van der Waals surface area contributed by atoms with Crippen LogP contribution in [0, 0.1) is 5.82 Å². The molecule has 0 radical (unpaired) electrons. The highest BCUT2D eigenvalue weighted by Gasteiger charge is 2.28. The Morgan fingerprint density at radius 3 is 2.55 bits per heavy atom. The zero-order valence-electron chi connectivity index (χ0n) is 20.4. The van der Waals surface area contributed by atoms with Gasteiger partial charge in [0.15, 0.2) is 5.78 Å². The van der Waals surface area contributed by atoms with Crippen LogP contribution in [0.25, 0.3) is 21.9 Å². The number of benzene rings is 3. The first-order valence-electron chi connectivity index (χ1n) is 12.4. The van der Waals surface area contributed by atoms with Gasteiger partial charge < -0.3 is 14.5 Å². The highest BCUT2D eigenvalue weighted by molar-refractivity contribution is 6.31. The van der Waals surface area contributed by atoms with E-state index in [1.165, 1.54) is 18.2 Å². The number of nitrogens with one attached hydrogen (secondary N) is 1. The number of amides is 1. The molecule has 0 saturated carbocycles. The molecule has 1 N–H and O–H groups in total. The molecule has 1 amide bonds. The minimum absolute atomic E-state index is 0.00765. The van der Waals surface area contributed by atoms with Gasteiger partial charge in [0, 0.05) is 41.3 Å². The summed E-state index contributed by atoms with van der Waals surface area (Å²) in [6, 6.07) is 18.4. The third-order valence-corrected chi connectivity index (χ3v) is 7.51. The maximum Gasteiger partial charge on any atom is 0.326 e. The minimum Gasteiger partial charge on any atom is -0.339 e. The van der Waals surface area contributed by atoms with Crippen LogP contribution in [0.3, 0.4) is 0 Å². The van der Waals surface area contributed by atoms with Crippen LogP contribution in [0.2, 0.25) is 5.02 Å². The lowest BCUT2D eigenvalue weighted by molar-refractivity contribution is 0.0696. The number of fused-ring (bicyclic) bond motifs is 2. The standard InChI is InChI=1S/C29H24ClFN4O3/c30-19-8-9-22-23(16-34(26(22)15-19)17-27(36)18-4-3-5-20(31)14-18)28(37)33-12-10-21(11-13-33)35-25-7-2-1-6-24(25)32-29(35)38/h1-9,14-16,21H,10-13,17H2,(H,32,38). The fraction of sp³-hybridized carbons (Fsp3) is 0.207. The minimum atomic E-state index is -0.481. The van der Waals surface area contributed by atoms with E-state index in [2.05, 4.69) is 4.98 Å². The number of piperidine rings is 1. The first kappa shape index (κ1) is 24.2. The number of H-pyrrole nitrogens is 1. The number of halogens is 2. The van der Waals surface area contributed by atoms with Crippen molar-refractivity contribution in [3.63, 3.8) is 0 Å². The van der Waals surface area contributed by atoms with Crippen molar-refractivity contribution in [1.29, 1.82) is 0 Å². The number of nitrogens with zero attached hydrogens (tertiary/aromatic N) is 3. The van der Waals surface area contributed by atoms with E-state index in [1.54, 1.807) is 44.5 Å². The summed E-state index contributed by atoms with van der Waals surface area (Å²) in [5, 5.41) is 1.18. The summed E-state index contributed by atoms with van der Waals surface area (Å²) in [5.74, 6) is -0.894. The number of hydrogen-bond acceptors (Lipinski definition) is 3. The van der Waals surface area contributed by atoms with Gasteiger partial charge in [-0.3, -0.25) is 14.2 Å². The van der Waals surface area contributed by atoms with Gasteiger partial charge in [-0.05, 0) is 49.2 Å². The zero-order valence-corrected chi connectivity index (χ0v) is 21.1. The number of aromatic amines is 1. The average molecular weight is 531 g/mol. The Balaban J connectivity index is 1.25. The van der Waals surface area contributed by atoms with Gasteiger partial charge in [0.25, 0.3) is 5.91 Å². The van der Waals surface area contributed by atoms with Crippen molar-refractivity contribution in [1.82, 2.24) is 19.0 Å². The van der Waals surface area contributed by atoms with E-state index in [0.717, 1.165) is 11.0 Å². The Hall–Kier alpha value is -4.17. The Bertz CT molecular complexity index is 1760. The Morgan fingerprint density at radius 1 is 0.974 bits per heavy atom. The molecular weight excluding hydrogens is 507 g/mol. The smallest absolute Gasteiger partial charge is 0.326 e. The summed E-state index contributed by atoms with van der Waals surface area (Å²) in [4.78, 5) is 43.9. The molecule has 0 bridgehead atoms. The van der Waals surface area contributed by atoms with Crippen molar-refractivity contribution in [2.75, 3.05) is 13.1 Å². The molecule has 0 atom stereocenters. The molecule has 0 unspecified atom stereocenters. The Labute approximate surface area is 222 Å². The molecule has 1 saturated heterocycles. The second-order valence-corrected chi connectivity index (χ2v) is 10.0. The zero-order chi connectivity index (χ0) is 26.4. The van der Waals surface area contributed by atoms with Crippen LogP contribution in [-0.2, 0) is 6.54 Å². The van der Waals surface area contributed by atoms with Gasteiger partial charge in [0.05, 0.1) is 28.7 Å². The molecule has 2 aromatic heterocycles. The number of para-hydroxylation sites is 2. The number of imidazole rings is 1. The summed E-state index contributed by atoms with van der Waals surface area (Å²) in [6.45, 7) is 0.939. The molecule has 1 aliphatic heterocycles. The van der Waals surface area contributed by atoms with E-state index in [4.69, 9.17) is 11.6 Å². The molecule has 0 aliphatic carbocycles. The normalized spacial score (nSPS) is 14.4. The number of carbonyl (C=O) groups excluding carboxylic acids is 2. The molecule has 1 aliphatic rings. The van der Waals surface area contributed by atoms with Gasteiger partial charge in [-0.1, -0.05) is 41.9 Å². The Morgan fingerprint density at radius 2 is 1.76 bits per heavy atom. The highest BCUT2D eigenvalue weighted by atomic mass is 35.5. The topological polar surface area (TPSA) is 80.1 Å². The van der Waals surface area contributed by atoms with Crippen LogP contribution in [0.5, 0.6) is 0 Å². The molecule has 0 spiro atoms. The maximum atomic E-state index is 13.7.